The van der Waals surface area contributed by atoms with Gasteiger partial charge in [0.05, 0.1) is 6.04 Å². The summed E-state index contributed by atoms with van der Waals surface area (Å²) in [6.45, 7) is 6.85. The molecule has 0 fully saturated rings. The standard InChI is InChI=1S/C28H27ClN2O5S/c1-3-10-30(28(33)19-4-7-24-25(14-19)36-17-35-24)15-27(32)31-11-8-26-21(9-12-37-26)23(31)16-34-20-5-6-22(29)18(2)13-20/h3-7,9,12-14,23H,1,8,10-11,15-17H2,2H3/t23-/m0/s1. The molecule has 0 saturated carbocycles. The van der Waals surface area contributed by atoms with E-state index in [0.717, 1.165) is 17.5 Å². The highest BCUT2D eigenvalue weighted by atomic mass is 35.5. The Labute approximate surface area is 224 Å². The van der Waals surface area contributed by atoms with E-state index in [1.165, 1.54) is 9.78 Å². The summed E-state index contributed by atoms with van der Waals surface area (Å²) < 4.78 is 16.9. The first-order chi connectivity index (χ1) is 17.9. The Hall–Kier alpha value is -3.49. The number of hydrogen-bond acceptors (Lipinski definition) is 6. The van der Waals surface area contributed by atoms with E-state index < -0.39 is 0 Å². The van der Waals surface area contributed by atoms with Crippen LogP contribution in [0, 0.1) is 6.92 Å². The molecule has 192 valence electrons. The summed E-state index contributed by atoms with van der Waals surface area (Å²) in [6, 6.07) is 12.4. The number of hydrogen-bond donors (Lipinski definition) is 0. The Bertz CT molecular complexity index is 1340. The van der Waals surface area contributed by atoms with E-state index in [-0.39, 0.29) is 37.7 Å². The normalized spacial score (nSPS) is 15.7. The molecule has 1 atom stereocenters. The molecule has 7 nitrogen and oxygen atoms in total. The maximum absolute atomic E-state index is 13.6. The van der Waals surface area contributed by atoms with Gasteiger partial charge in [-0.3, -0.25) is 9.59 Å². The molecule has 5 rings (SSSR count). The van der Waals surface area contributed by atoms with Gasteiger partial charge in [0.15, 0.2) is 11.5 Å². The van der Waals surface area contributed by atoms with E-state index in [4.69, 9.17) is 25.8 Å². The first kappa shape index (κ1) is 25.2. The van der Waals surface area contributed by atoms with Crippen LogP contribution in [0.25, 0.3) is 0 Å². The SMILES string of the molecule is C=CCN(CC(=O)N1CCc2sccc2[C@@H]1COc1ccc(Cl)c(C)c1)C(=O)c1ccc2c(c1)OCO2. The third-order valence-corrected chi connectivity index (χ3v) is 7.96. The Balaban J connectivity index is 1.33. The van der Waals surface area contributed by atoms with Gasteiger partial charge in [0.1, 0.15) is 18.9 Å². The van der Waals surface area contributed by atoms with Crippen molar-refractivity contribution in [3.8, 4) is 17.2 Å². The van der Waals surface area contributed by atoms with Gasteiger partial charge in [0.25, 0.3) is 5.91 Å². The lowest BCUT2D eigenvalue weighted by Gasteiger charge is -2.37. The van der Waals surface area contributed by atoms with Gasteiger partial charge in [-0.05, 0) is 72.3 Å². The second-order valence-corrected chi connectivity index (χ2v) is 10.3. The number of fused-ring (bicyclic) bond motifs is 2. The number of nitrogens with zero attached hydrogens (tertiary/aromatic N) is 2. The first-order valence-electron chi connectivity index (χ1n) is 12.0. The smallest absolute Gasteiger partial charge is 0.254 e. The van der Waals surface area contributed by atoms with E-state index >= 15 is 0 Å². The van der Waals surface area contributed by atoms with E-state index in [1.54, 1.807) is 41.7 Å². The summed E-state index contributed by atoms with van der Waals surface area (Å²) in [5.41, 5.74) is 2.44. The number of carbonyl (C=O) groups excluding carboxylic acids is 2. The van der Waals surface area contributed by atoms with Crippen LogP contribution >= 0.6 is 22.9 Å². The predicted molar refractivity (Wildman–Crippen MR) is 143 cm³/mol. The van der Waals surface area contributed by atoms with Gasteiger partial charge < -0.3 is 24.0 Å². The molecule has 1 aromatic heterocycles. The number of aryl methyl sites for hydroxylation is 1. The molecular formula is C28H27ClN2O5S. The number of rotatable bonds is 8. The van der Waals surface area contributed by atoms with Crippen LogP contribution in [0.4, 0.5) is 0 Å². The van der Waals surface area contributed by atoms with Crippen LogP contribution in [0.1, 0.15) is 32.4 Å². The monoisotopic (exact) mass is 538 g/mol. The first-order valence-corrected chi connectivity index (χ1v) is 13.2. The van der Waals surface area contributed by atoms with Crippen LogP contribution in [0.5, 0.6) is 17.2 Å². The average Bonchev–Trinajstić information content (AvgIpc) is 3.57. The number of thiophene rings is 1. The van der Waals surface area contributed by atoms with E-state index in [1.807, 2.05) is 29.3 Å². The fourth-order valence-electron chi connectivity index (χ4n) is 4.60. The molecule has 0 N–H and O–H groups in total. The lowest BCUT2D eigenvalue weighted by atomic mass is 10.0. The Morgan fingerprint density at radius 2 is 2.05 bits per heavy atom. The molecule has 0 unspecified atom stereocenters. The van der Waals surface area contributed by atoms with Crippen LogP contribution in [0.2, 0.25) is 5.02 Å². The van der Waals surface area contributed by atoms with Crippen molar-refractivity contribution in [3.05, 3.63) is 87.1 Å². The number of amides is 2. The lowest BCUT2D eigenvalue weighted by molar-refractivity contribution is -0.135. The molecule has 3 heterocycles. The Morgan fingerprint density at radius 3 is 2.86 bits per heavy atom. The van der Waals surface area contributed by atoms with Gasteiger partial charge in [0.2, 0.25) is 12.7 Å². The number of benzene rings is 2. The van der Waals surface area contributed by atoms with Crippen molar-refractivity contribution in [1.29, 1.82) is 0 Å². The highest BCUT2D eigenvalue weighted by Gasteiger charge is 2.33. The zero-order chi connectivity index (χ0) is 25.9. The fraction of sp³-hybridized carbons (Fsp3) is 0.286. The summed E-state index contributed by atoms with van der Waals surface area (Å²) in [6.07, 6.45) is 2.39. The summed E-state index contributed by atoms with van der Waals surface area (Å²) in [5.74, 6) is 1.40. The number of ether oxygens (including phenoxy) is 3. The highest BCUT2D eigenvalue weighted by molar-refractivity contribution is 7.10. The second-order valence-electron chi connectivity index (χ2n) is 8.92. The topological polar surface area (TPSA) is 68.3 Å². The van der Waals surface area contributed by atoms with Crippen molar-refractivity contribution in [2.24, 2.45) is 0 Å². The molecule has 0 saturated heterocycles. The van der Waals surface area contributed by atoms with E-state index in [0.29, 0.717) is 41.0 Å². The Kier molecular flexibility index (Phi) is 7.39. The molecular weight excluding hydrogens is 512 g/mol. The fourth-order valence-corrected chi connectivity index (χ4v) is 5.64. The van der Waals surface area contributed by atoms with Crippen LogP contribution in [-0.4, -0.2) is 54.6 Å². The summed E-state index contributed by atoms with van der Waals surface area (Å²) >= 11 is 7.85. The second kappa shape index (κ2) is 10.9. The minimum Gasteiger partial charge on any atom is -0.491 e. The number of carbonyl (C=O) groups is 2. The third-order valence-electron chi connectivity index (χ3n) is 6.53. The van der Waals surface area contributed by atoms with Crippen molar-refractivity contribution in [1.82, 2.24) is 9.80 Å². The molecule has 3 aromatic rings. The zero-order valence-corrected chi connectivity index (χ0v) is 22.0. The molecule has 2 aliphatic rings. The third kappa shape index (κ3) is 5.31. The van der Waals surface area contributed by atoms with Crippen LogP contribution < -0.4 is 14.2 Å². The summed E-state index contributed by atoms with van der Waals surface area (Å²) in [4.78, 5) is 31.6. The molecule has 2 aliphatic heterocycles. The molecule has 2 amide bonds. The van der Waals surface area contributed by atoms with Crippen molar-refractivity contribution in [2.75, 3.05) is 33.0 Å². The highest BCUT2D eigenvalue weighted by Crippen LogP contribution is 2.35. The summed E-state index contributed by atoms with van der Waals surface area (Å²) in [5, 5.41) is 2.72. The minimum atomic E-state index is -0.274. The van der Waals surface area contributed by atoms with Gasteiger partial charge >= 0.3 is 0 Å². The van der Waals surface area contributed by atoms with Crippen LogP contribution in [0.3, 0.4) is 0 Å². The van der Waals surface area contributed by atoms with Crippen molar-refractivity contribution in [2.45, 2.75) is 19.4 Å². The maximum Gasteiger partial charge on any atom is 0.254 e. The van der Waals surface area contributed by atoms with E-state index in [9.17, 15) is 9.59 Å². The van der Waals surface area contributed by atoms with Crippen molar-refractivity contribution in [3.63, 3.8) is 0 Å². The molecule has 0 aliphatic carbocycles. The largest absolute Gasteiger partial charge is 0.491 e. The van der Waals surface area contributed by atoms with Gasteiger partial charge in [-0.2, -0.15) is 0 Å². The number of halogens is 1. The van der Waals surface area contributed by atoms with Gasteiger partial charge in [-0.1, -0.05) is 17.7 Å². The van der Waals surface area contributed by atoms with Crippen molar-refractivity contribution >= 4 is 34.8 Å². The van der Waals surface area contributed by atoms with Crippen LogP contribution in [-0.2, 0) is 11.2 Å². The zero-order valence-electron chi connectivity index (χ0n) is 20.4. The summed E-state index contributed by atoms with van der Waals surface area (Å²) in [7, 11) is 0. The van der Waals surface area contributed by atoms with Gasteiger partial charge in [-0.25, -0.2) is 0 Å². The van der Waals surface area contributed by atoms with Gasteiger partial charge in [-0.15, -0.1) is 17.9 Å². The van der Waals surface area contributed by atoms with Gasteiger partial charge in [0, 0.05) is 28.6 Å². The maximum atomic E-state index is 13.6. The Morgan fingerprint density at radius 1 is 1.22 bits per heavy atom. The van der Waals surface area contributed by atoms with Crippen LogP contribution in [0.15, 0.2) is 60.5 Å². The minimum absolute atomic E-state index is 0.0741. The molecule has 2 aromatic carbocycles. The lowest BCUT2D eigenvalue weighted by Crippen LogP contribution is -2.47. The molecule has 0 bridgehead atoms. The molecule has 0 radical (unpaired) electrons. The molecule has 9 heteroatoms. The molecule has 37 heavy (non-hydrogen) atoms. The quantitative estimate of drug-likeness (QED) is 0.365. The van der Waals surface area contributed by atoms with Crippen molar-refractivity contribution < 1.29 is 23.8 Å². The predicted octanol–water partition coefficient (Wildman–Crippen LogP) is 5.27. The van der Waals surface area contributed by atoms with E-state index in [2.05, 4.69) is 12.6 Å². The molecule has 0 spiro atoms. The average molecular weight is 539 g/mol.